The number of nitrogens with two attached hydrogens (primary N) is 1. The molecule has 0 aromatic carbocycles. The molecule has 2 aliphatic carbocycles. The maximum absolute atomic E-state index is 9.85. The van der Waals surface area contributed by atoms with Gasteiger partial charge in [0, 0.05) is 0 Å². The van der Waals surface area contributed by atoms with Crippen LogP contribution in [0.4, 0.5) is 0 Å². The van der Waals surface area contributed by atoms with Crippen molar-refractivity contribution in [3.05, 3.63) is 23.1 Å². The fraction of sp³-hybridized carbons (Fsp3) is 0.692. The van der Waals surface area contributed by atoms with Gasteiger partial charge in [-0.15, -0.1) is 0 Å². The van der Waals surface area contributed by atoms with E-state index in [1.165, 1.54) is 24.0 Å². The van der Waals surface area contributed by atoms with Crippen LogP contribution in [-0.4, -0.2) is 16.5 Å². The van der Waals surface area contributed by atoms with Crippen LogP contribution in [0.5, 0.6) is 0 Å². The molecular weight excluding hydrogens is 234 g/mol. The fourth-order valence-electron chi connectivity index (χ4n) is 2.22. The van der Waals surface area contributed by atoms with Gasteiger partial charge in [0.25, 0.3) is 0 Å². The quantitative estimate of drug-likeness (QED) is 0.761. The lowest BCUT2D eigenvalue weighted by atomic mass is 9.97. The molecule has 0 aromatic rings. The average Bonchev–Trinajstić information content (AvgIpc) is 2.32. The van der Waals surface area contributed by atoms with Crippen molar-refractivity contribution in [2.45, 2.75) is 56.8 Å². The normalized spacial score (nSPS) is 30.1. The minimum atomic E-state index is -0.232. The zero-order chi connectivity index (χ0) is 12.3. The molecule has 0 aliphatic heterocycles. The largest absolute Gasteiger partial charge is 0.424 e. The Balaban J connectivity index is 1.89. The van der Waals surface area contributed by atoms with Crippen LogP contribution in [0.25, 0.3) is 0 Å². The summed E-state index contributed by atoms with van der Waals surface area (Å²) in [7, 11) is 0. The summed E-state index contributed by atoms with van der Waals surface area (Å²) >= 11 is 1.39. The van der Waals surface area contributed by atoms with Crippen LogP contribution in [0, 0.1) is 0 Å². The van der Waals surface area contributed by atoms with Crippen LogP contribution in [0.3, 0.4) is 0 Å². The van der Waals surface area contributed by atoms with Gasteiger partial charge in [-0.25, -0.2) is 0 Å². The van der Waals surface area contributed by atoms with Crippen LogP contribution in [0.2, 0.25) is 0 Å². The van der Waals surface area contributed by atoms with Gasteiger partial charge >= 0.3 is 0 Å². The maximum Gasteiger partial charge on any atom is 0.155 e. The summed E-state index contributed by atoms with van der Waals surface area (Å²) in [6, 6.07) is 0. The number of allylic oxidation sites excluding steroid dienone is 3. The molecule has 96 valence electrons. The van der Waals surface area contributed by atoms with Gasteiger partial charge < -0.3 is 15.0 Å². The third-order valence-corrected chi connectivity index (χ3v) is 4.48. The highest BCUT2D eigenvalue weighted by Crippen LogP contribution is 2.33. The second-order valence-electron chi connectivity index (χ2n) is 4.95. The van der Waals surface area contributed by atoms with E-state index in [1.54, 1.807) is 0 Å². The van der Waals surface area contributed by atoms with Gasteiger partial charge in [-0.2, -0.15) is 0 Å². The van der Waals surface area contributed by atoms with E-state index in [0.717, 1.165) is 43.6 Å². The number of hydrogen-bond acceptors (Lipinski definition) is 4. The maximum atomic E-state index is 9.85. The Morgan fingerprint density at radius 1 is 1.35 bits per heavy atom. The molecule has 1 fully saturated rings. The molecule has 0 heterocycles. The Kier molecular flexibility index (Phi) is 4.40. The summed E-state index contributed by atoms with van der Waals surface area (Å²) in [5.74, 6) is 0.788. The molecule has 0 spiro atoms. The molecule has 1 saturated carbocycles. The Labute approximate surface area is 107 Å². The zero-order valence-electron chi connectivity index (χ0n) is 10.3. The number of aliphatic hydroxyl groups is 1. The number of aliphatic hydroxyl groups excluding tert-OH is 1. The standard InChI is InChI=1S/C13H21NO2S/c1-9-6-7-10(14)12(8-9)16-17-13-5-3-2-4-11(13)15/h8,11,13,15H,2-7,14H2,1H3/t11-,13?/m0/s1. The summed E-state index contributed by atoms with van der Waals surface area (Å²) in [5, 5.41) is 10.0. The van der Waals surface area contributed by atoms with Crippen molar-refractivity contribution in [1.82, 2.24) is 0 Å². The SMILES string of the molecule is CC1=CC(OSC2CCCC[C@@H]2O)=C(N)CC1. The summed E-state index contributed by atoms with van der Waals surface area (Å²) in [5.41, 5.74) is 8.06. The lowest BCUT2D eigenvalue weighted by Gasteiger charge is -2.26. The molecule has 0 bridgehead atoms. The van der Waals surface area contributed by atoms with Crippen molar-refractivity contribution >= 4 is 12.0 Å². The molecule has 0 radical (unpaired) electrons. The van der Waals surface area contributed by atoms with Crippen molar-refractivity contribution in [2.24, 2.45) is 5.73 Å². The van der Waals surface area contributed by atoms with Crippen molar-refractivity contribution < 1.29 is 9.29 Å². The van der Waals surface area contributed by atoms with Gasteiger partial charge in [-0.3, -0.25) is 0 Å². The molecule has 2 atom stereocenters. The molecule has 3 N–H and O–H groups in total. The minimum Gasteiger partial charge on any atom is -0.424 e. The predicted octanol–water partition coefficient (Wildman–Crippen LogP) is 2.87. The van der Waals surface area contributed by atoms with E-state index in [1.807, 2.05) is 6.08 Å². The Morgan fingerprint density at radius 2 is 2.12 bits per heavy atom. The highest BCUT2D eigenvalue weighted by atomic mass is 32.2. The van der Waals surface area contributed by atoms with Crippen molar-refractivity contribution in [2.75, 3.05) is 0 Å². The zero-order valence-corrected chi connectivity index (χ0v) is 11.1. The van der Waals surface area contributed by atoms with E-state index < -0.39 is 0 Å². The summed E-state index contributed by atoms with van der Waals surface area (Å²) in [6.07, 6.45) is 7.92. The van der Waals surface area contributed by atoms with Crippen LogP contribution in [0.15, 0.2) is 23.1 Å². The third-order valence-electron chi connectivity index (χ3n) is 3.41. The van der Waals surface area contributed by atoms with Crippen molar-refractivity contribution in [1.29, 1.82) is 0 Å². The fourth-order valence-corrected chi connectivity index (χ4v) is 3.13. The van der Waals surface area contributed by atoms with Gasteiger partial charge in [0.1, 0.15) is 0 Å². The van der Waals surface area contributed by atoms with Crippen LogP contribution >= 0.6 is 12.0 Å². The highest BCUT2D eigenvalue weighted by molar-refractivity contribution is 7.95. The molecule has 17 heavy (non-hydrogen) atoms. The van der Waals surface area contributed by atoms with Crippen LogP contribution < -0.4 is 5.73 Å². The van der Waals surface area contributed by atoms with Gasteiger partial charge in [-0.05, 0) is 38.7 Å². The van der Waals surface area contributed by atoms with E-state index in [0.29, 0.717) is 0 Å². The first kappa shape index (κ1) is 12.8. The Morgan fingerprint density at radius 3 is 2.88 bits per heavy atom. The van der Waals surface area contributed by atoms with Gasteiger partial charge in [0.05, 0.1) is 29.1 Å². The highest BCUT2D eigenvalue weighted by Gasteiger charge is 2.25. The topological polar surface area (TPSA) is 55.5 Å². The van der Waals surface area contributed by atoms with E-state index in [-0.39, 0.29) is 11.4 Å². The first-order chi connectivity index (χ1) is 8.16. The molecule has 3 nitrogen and oxygen atoms in total. The van der Waals surface area contributed by atoms with E-state index in [4.69, 9.17) is 9.92 Å². The smallest absolute Gasteiger partial charge is 0.155 e. The van der Waals surface area contributed by atoms with Gasteiger partial charge in [-0.1, -0.05) is 18.4 Å². The van der Waals surface area contributed by atoms with Crippen LogP contribution in [0.1, 0.15) is 45.4 Å². The minimum absolute atomic E-state index is 0.194. The third kappa shape index (κ3) is 3.42. The molecule has 2 aliphatic rings. The number of rotatable bonds is 3. The van der Waals surface area contributed by atoms with E-state index >= 15 is 0 Å². The summed E-state index contributed by atoms with van der Waals surface area (Å²) in [6.45, 7) is 2.09. The molecule has 1 unspecified atom stereocenters. The lowest BCUT2D eigenvalue weighted by molar-refractivity contribution is 0.134. The summed E-state index contributed by atoms with van der Waals surface area (Å²) in [4.78, 5) is 0. The van der Waals surface area contributed by atoms with Gasteiger partial charge in [0.15, 0.2) is 5.76 Å². The summed E-state index contributed by atoms with van der Waals surface area (Å²) < 4.78 is 5.71. The van der Waals surface area contributed by atoms with Gasteiger partial charge in [0.2, 0.25) is 0 Å². The van der Waals surface area contributed by atoms with Crippen LogP contribution in [-0.2, 0) is 4.18 Å². The Hall–Kier alpha value is -0.610. The first-order valence-corrected chi connectivity index (χ1v) is 7.14. The average molecular weight is 255 g/mol. The second kappa shape index (κ2) is 5.83. The Bertz CT molecular complexity index is 338. The predicted molar refractivity (Wildman–Crippen MR) is 71.1 cm³/mol. The number of hydrogen-bond donors (Lipinski definition) is 2. The van der Waals surface area contributed by atoms with Crippen molar-refractivity contribution in [3.8, 4) is 0 Å². The molecule has 0 aromatic heterocycles. The van der Waals surface area contributed by atoms with Crippen molar-refractivity contribution in [3.63, 3.8) is 0 Å². The van der Waals surface area contributed by atoms with E-state index in [2.05, 4.69) is 6.92 Å². The lowest BCUT2D eigenvalue weighted by Crippen LogP contribution is -2.27. The van der Waals surface area contributed by atoms with E-state index in [9.17, 15) is 5.11 Å². The first-order valence-electron chi connectivity index (χ1n) is 6.34. The molecular formula is C13H21NO2S. The molecule has 2 rings (SSSR count). The molecule has 4 heteroatoms. The molecule has 0 amide bonds. The monoisotopic (exact) mass is 255 g/mol. The second-order valence-corrected chi connectivity index (χ2v) is 5.91. The molecule has 0 saturated heterocycles.